The second kappa shape index (κ2) is 7.50. The van der Waals surface area contributed by atoms with Gasteiger partial charge in [-0.3, -0.25) is 9.36 Å². The van der Waals surface area contributed by atoms with Gasteiger partial charge < -0.3 is 5.32 Å². The summed E-state index contributed by atoms with van der Waals surface area (Å²) in [6.45, 7) is 3.97. The van der Waals surface area contributed by atoms with Crippen LogP contribution in [0.15, 0.2) is 46.6 Å². The average molecular weight is 388 g/mol. The molecule has 0 aliphatic carbocycles. The molecule has 1 aromatic heterocycles. The van der Waals surface area contributed by atoms with E-state index in [2.05, 4.69) is 27.1 Å². The molecule has 0 bridgehead atoms. The molecule has 1 aliphatic heterocycles. The quantitative estimate of drug-likeness (QED) is 0.821. The molecule has 8 heteroatoms. The molecule has 0 saturated carbocycles. The van der Waals surface area contributed by atoms with Crippen molar-refractivity contribution in [2.75, 3.05) is 0 Å². The zero-order chi connectivity index (χ0) is 20.4. The fraction of sp³-hybridized carbons (Fsp3) is 0.350. The third kappa shape index (κ3) is 3.79. The lowest BCUT2D eigenvalue weighted by Gasteiger charge is -2.34. The van der Waals surface area contributed by atoms with Gasteiger partial charge in [0, 0.05) is 24.2 Å². The van der Waals surface area contributed by atoms with Gasteiger partial charge in [0.05, 0.1) is 24.9 Å². The summed E-state index contributed by atoms with van der Waals surface area (Å²) in [6.07, 6.45) is -0.493. The van der Waals surface area contributed by atoms with Crippen molar-refractivity contribution >= 4 is 12.0 Å². The number of aliphatic imine (C=N–C) groups is 1. The van der Waals surface area contributed by atoms with Gasteiger partial charge in [0.15, 0.2) is 0 Å². The fourth-order valence-corrected chi connectivity index (χ4v) is 2.87. The molecule has 0 amide bonds. The van der Waals surface area contributed by atoms with Crippen LogP contribution in [0.2, 0.25) is 0 Å². The second-order valence-electron chi connectivity index (χ2n) is 6.95. The number of hydrogen-bond donors (Lipinski definition) is 1. The Morgan fingerprint density at radius 1 is 1.29 bits per heavy atom. The Bertz CT molecular complexity index is 1010. The van der Waals surface area contributed by atoms with Gasteiger partial charge in [0.1, 0.15) is 0 Å². The van der Waals surface area contributed by atoms with Gasteiger partial charge in [-0.1, -0.05) is 37.8 Å². The Kier molecular flexibility index (Phi) is 5.27. The zero-order valence-electron chi connectivity index (χ0n) is 15.4. The summed E-state index contributed by atoms with van der Waals surface area (Å²) in [7, 11) is 0. The van der Waals surface area contributed by atoms with Crippen LogP contribution in [0.1, 0.15) is 31.4 Å². The standard InChI is InChI=1S/C20H19F3N4O/c1-14(2)4-3-8-19(20(21,22)23)16-6-5-15(10-17(16)25-12-26-19)11-27-13-24-9-7-18(27)28/h5-7,9-10,12-14H,4,11H2,1-2H3,(H,25,26)/t19-/m0/s1. The summed E-state index contributed by atoms with van der Waals surface area (Å²) in [4.78, 5) is 19.8. The van der Waals surface area contributed by atoms with Gasteiger partial charge >= 0.3 is 6.18 Å². The summed E-state index contributed by atoms with van der Waals surface area (Å²) >= 11 is 0. The third-order valence-corrected chi connectivity index (χ3v) is 4.31. The van der Waals surface area contributed by atoms with Crippen LogP contribution in [0.25, 0.3) is 0 Å². The van der Waals surface area contributed by atoms with E-state index in [1.165, 1.54) is 35.3 Å². The first kappa shape index (κ1) is 19.7. The van der Waals surface area contributed by atoms with Gasteiger partial charge in [-0.15, -0.1) is 0 Å². The maximum atomic E-state index is 14.0. The maximum Gasteiger partial charge on any atom is 0.427 e. The highest BCUT2D eigenvalue weighted by molar-refractivity contribution is 5.72. The van der Waals surface area contributed by atoms with E-state index in [9.17, 15) is 18.0 Å². The number of fused-ring (bicyclic) bond motifs is 1. The van der Waals surface area contributed by atoms with E-state index in [0.29, 0.717) is 12.0 Å². The van der Waals surface area contributed by atoms with Crippen LogP contribution in [-0.4, -0.2) is 22.1 Å². The first-order valence-corrected chi connectivity index (χ1v) is 8.74. The average Bonchev–Trinajstić information content (AvgIpc) is 2.62. The van der Waals surface area contributed by atoms with Gasteiger partial charge in [0.2, 0.25) is 5.54 Å². The van der Waals surface area contributed by atoms with Gasteiger partial charge in [-0.2, -0.15) is 13.2 Å². The van der Waals surface area contributed by atoms with Crippen LogP contribution in [0.4, 0.5) is 18.9 Å². The molecule has 0 unspecified atom stereocenters. The van der Waals surface area contributed by atoms with E-state index in [1.807, 2.05) is 13.8 Å². The highest BCUT2D eigenvalue weighted by Gasteiger charge is 2.57. The first-order chi connectivity index (χ1) is 13.2. The molecule has 1 aromatic carbocycles. The number of halogens is 3. The van der Waals surface area contributed by atoms with Crippen molar-refractivity contribution in [3.8, 4) is 11.8 Å². The highest BCUT2D eigenvalue weighted by Crippen LogP contribution is 2.44. The molecule has 2 aromatic rings. The van der Waals surface area contributed by atoms with Crippen LogP contribution < -0.4 is 10.9 Å². The van der Waals surface area contributed by atoms with Gasteiger partial charge in [-0.05, 0) is 17.5 Å². The molecule has 1 aliphatic rings. The summed E-state index contributed by atoms with van der Waals surface area (Å²) in [5.74, 6) is 5.22. The summed E-state index contributed by atoms with van der Waals surface area (Å²) in [5, 5.41) is 2.33. The van der Waals surface area contributed by atoms with E-state index >= 15 is 0 Å². The van der Waals surface area contributed by atoms with Crippen molar-refractivity contribution in [1.29, 1.82) is 0 Å². The number of rotatable bonds is 3. The van der Waals surface area contributed by atoms with Crippen molar-refractivity contribution in [3.05, 3.63) is 58.3 Å². The number of aromatic nitrogens is 2. The number of hydrogen-bond acceptors (Lipinski definition) is 4. The van der Waals surface area contributed by atoms with Crippen LogP contribution >= 0.6 is 0 Å². The molecule has 3 rings (SSSR count). The van der Waals surface area contributed by atoms with Crippen molar-refractivity contribution in [3.63, 3.8) is 0 Å². The highest BCUT2D eigenvalue weighted by atomic mass is 19.4. The first-order valence-electron chi connectivity index (χ1n) is 8.74. The lowest BCUT2D eigenvalue weighted by molar-refractivity contribution is -0.177. The number of benzene rings is 1. The van der Waals surface area contributed by atoms with Crippen LogP contribution in [-0.2, 0) is 12.1 Å². The van der Waals surface area contributed by atoms with Crippen LogP contribution in [0, 0.1) is 17.8 Å². The fourth-order valence-electron chi connectivity index (χ4n) is 2.87. The Hall–Kier alpha value is -3.08. The normalized spacial score (nSPS) is 18.2. The Balaban J connectivity index is 2.03. The minimum absolute atomic E-state index is 0.0546. The van der Waals surface area contributed by atoms with Crippen molar-refractivity contribution in [1.82, 2.24) is 14.9 Å². The topological polar surface area (TPSA) is 59.3 Å². The Morgan fingerprint density at radius 3 is 2.75 bits per heavy atom. The SMILES string of the molecule is CC(C)CC#C[C@]1(C(F)(F)F)NC=Nc2cc(Cn3cnccc3=O)ccc21. The molecule has 1 atom stereocenters. The lowest BCUT2D eigenvalue weighted by atomic mass is 9.86. The summed E-state index contributed by atoms with van der Waals surface area (Å²) < 4.78 is 43.4. The minimum Gasteiger partial charge on any atom is -0.349 e. The van der Waals surface area contributed by atoms with Crippen molar-refractivity contribution < 1.29 is 13.2 Å². The molecule has 5 nitrogen and oxygen atoms in total. The molecule has 0 spiro atoms. The third-order valence-electron chi connectivity index (χ3n) is 4.31. The molecular weight excluding hydrogens is 369 g/mol. The van der Waals surface area contributed by atoms with Crippen molar-refractivity contribution in [2.24, 2.45) is 10.9 Å². The number of nitrogens with one attached hydrogen (secondary N) is 1. The van der Waals surface area contributed by atoms with E-state index in [1.54, 1.807) is 6.07 Å². The Labute approximate surface area is 160 Å². The van der Waals surface area contributed by atoms with Crippen LogP contribution in [0.5, 0.6) is 0 Å². The monoisotopic (exact) mass is 388 g/mol. The second-order valence-corrected chi connectivity index (χ2v) is 6.95. The zero-order valence-corrected chi connectivity index (χ0v) is 15.4. The molecular formula is C20H19F3N4O. The summed E-state index contributed by atoms with van der Waals surface area (Å²) in [5.41, 5.74) is -2.01. The summed E-state index contributed by atoms with van der Waals surface area (Å²) in [6, 6.07) is 5.77. The minimum atomic E-state index is -4.64. The van der Waals surface area contributed by atoms with E-state index in [-0.39, 0.29) is 29.3 Å². The van der Waals surface area contributed by atoms with E-state index in [0.717, 1.165) is 6.34 Å². The molecule has 0 saturated heterocycles. The molecule has 146 valence electrons. The lowest BCUT2D eigenvalue weighted by Crippen LogP contribution is -2.53. The number of alkyl halides is 3. The smallest absolute Gasteiger partial charge is 0.349 e. The molecule has 0 radical (unpaired) electrons. The molecule has 1 N–H and O–H groups in total. The largest absolute Gasteiger partial charge is 0.427 e. The molecule has 0 fully saturated rings. The van der Waals surface area contributed by atoms with Crippen LogP contribution in [0.3, 0.4) is 0 Å². The predicted molar refractivity (Wildman–Crippen MR) is 100 cm³/mol. The maximum absolute atomic E-state index is 14.0. The molecule has 2 heterocycles. The predicted octanol–water partition coefficient (Wildman–Crippen LogP) is 3.36. The number of nitrogens with zero attached hydrogens (tertiary/aromatic N) is 3. The molecule has 28 heavy (non-hydrogen) atoms. The van der Waals surface area contributed by atoms with E-state index < -0.39 is 11.7 Å². The van der Waals surface area contributed by atoms with Crippen molar-refractivity contribution in [2.45, 2.75) is 38.5 Å². The van der Waals surface area contributed by atoms with Gasteiger partial charge in [0.25, 0.3) is 5.56 Å². The Morgan fingerprint density at radius 2 is 2.07 bits per heavy atom. The van der Waals surface area contributed by atoms with Gasteiger partial charge in [-0.25, -0.2) is 9.98 Å². The van der Waals surface area contributed by atoms with E-state index in [4.69, 9.17) is 0 Å².